The van der Waals surface area contributed by atoms with E-state index in [0.29, 0.717) is 16.3 Å². The fourth-order valence-electron chi connectivity index (χ4n) is 1.24. The molecule has 0 aliphatic heterocycles. The number of nitrogens with one attached hydrogen (secondary N) is 1. The summed E-state index contributed by atoms with van der Waals surface area (Å²) in [6.45, 7) is -0.248. The zero-order valence-electron chi connectivity index (χ0n) is 9.31. The summed E-state index contributed by atoms with van der Waals surface area (Å²) in [7, 11) is 1.28. The van der Waals surface area contributed by atoms with Gasteiger partial charge < -0.3 is 20.3 Å². The van der Waals surface area contributed by atoms with Gasteiger partial charge in [-0.15, -0.1) is 0 Å². The smallest absolute Gasteiger partial charge is 0.339 e. The Kier molecular flexibility index (Phi) is 5.21. The first-order valence-electron chi connectivity index (χ1n) is 4.99. The maximum absolute atomic E-state index is 11.4. The van der Waals surface area contributed by atoms with E-state index in [4.69, 9.17) is 16.7 Å². The quantitative estimate of drug-likeness (QED) is 0.685. The number of aliphatic hydroxyl groups is 2. The number of esters is 1. The van der Waals surface area contributed by atoms with Crippen LogP contribution in [-0.2, 0) is 4.74 Å². The van der Waals surface area contributed by atoms with Crippen LogP contribution in [0.5, 0.6) is 0 Å². The SMILES string of the molecule is COC(=O)c1ccc(Cl)cc1NCC(O)CO. The van der Waals surface area contributed by atoms with Crippen molar-refractivity contribution >= 4 is 23.3 Å². The summed E-state index contributed by atoms with van der Waals surface area (Å²) in [6, 6.07) is 4.65. The first-order chi connectivity index (χ1) is 8.08. The molecule has 3 N–H and O–H groups in total. The molecule has 1 aromatic carbocycles. The third kappa shape index (κ3) is 3.89. The second kappa shape index (κ2) is 6.44. The number of anilines is 1. The topological polar surface area (TPSA) is 78.8 Å². The van der Waals surface area contributed by atoms with Crippen LogP contribution in [0, 0.1) is 0 Å². The second-order valence-corrected chi connectivity index (χ2v) is 3.84. The molecule has 6 heteroatoms. The number of carbonyl (C=O) groups is 1. The predicted octanol–water partition coefficient (Wildman–Crippen LogP) is 0.892. The van der Waals surface area contributed by atoms with Crippen LogP contribution in [0.25, 0.3) is 0 Å². The van der Waals surface area contributed by atoms with Crippen molar-refractivity contribution in [3.05, 3.63) is 28.8 Å². The molecule has 0 heterocycles. The average molecular weight is 260 g/mol. The Morgan fingerprint density at radius 1 is 1.59 bits per heavy atom. The van der Waals surface area contributed by atoms with Crippen LogP contribution in [0.4, 0.5) is 5.69 Å². The molecule has 0 aliphatic rings. The number of hydrogen-bond acceptors (Lipinski definition) is 5. The Morgan fingerprint density at radius 3 is 2.88 bits per heavy atom. The lowest BCUT2D eigenvalue weighted by Gasteiger charge is -2.13. The summed E-state index contributed by atoms with van der Waals surface area (Å²) in [5, 5.41) is 21.2. The van der Waals surface area contributed by atoms with Crippen LogP contribution in [0.2, 0.25) is 5.02 Å². The maximum atomic E-state index is 11.4. The van der Waals surface area contributed by atoms with Gasteiger partial charge in [0.1, 0.15) is 0 Å². The molecule has 0 saturated heterocycles. The van der Waals surface area contributed by atoms with E-state index in [0.717, 1.165) is 0 Å². The van der Waals surface area contributed by atoms with Gasteiger partial charge in [0.15, 0.2) is 0 Å². The van der Waals surface area contributed by atoms with Crippen molar-refractivity contribution in [2.24, 2.45) is 0 Å². The molecule has 0 aliphatic carbocycles. The van der Waals surface area contributed by atoms with Gasteiger partial charge in [-0.2, -0.15) is 0 Å². The zero-order chi connectivity index (χ0) is 12.8. The fraction of sp³-hybridized carbons (Fsp3) is 0.364. The van der Waals surface area contributed by atoms with Crippen LogP contribution in [0.3, 0.4) is 0 Å². The van der Waals surface area contributed by atoms with Crippen LogP contribution in [-0.4, -0.2) is 42.5 Å². The highest BCUT2D eigenvalue weighted by Crippen LogP contribution is 2.21. The highest BCUT2D eigenvalue weighted by molar-refractivity contribution is 6.31. The molecule has 17 heavy (non-hydrogen) atoms. The van der Waals surface area contributed by atoms with Gasteiger partial charge >= 0.3 is 5.97 Å². The largest absolute Gasteiger partial charge is 0.465 e. The number of halogens is 1. The molecule has 1 aromatic rings. The van der Waals surface area contributed by atoms with Crippen molar-refractivity contribution in [1.82, 2.24) is 0 Å². The third-order valence-corrected chi connectivity index (χ3v) is 2.36. The lowest BCUT2D eigenvalue weighted by Crippen LogP contribution is -2.23. The molecule has 5 nitrogen and oxygen atoms in total. The van der Waals surface area contributed by atoms with Gasteiger partial charge in [0.25, 0.3) is 0 Å². The number of benzene rings is 1. The van der Waals surface area contributed by atoms with Gasteiger partial charge in [-0.05, 0) is 18.2 Å². The van der Waals surface area contributed by atoms with Gasteiger partial charge in [-0.3, -0.25) is 0 Å². The first kappa shape index (κ1) is 13.8. The van der Waals surface area contributed by atoms with E-state index in [1.807, 2.05) is 0 Å². The number of aliphatic hydroxyl groups excluding tert-OH is 2. The standard InChI is InChI=1S/C11H14ClNO4/c1-17-11(16)9-3-2-7(12)4-10(9)13-5-8(15)6-14/h2-4,8,13-15H,5-6H2,1H3. The summed E-state index contributed by atoms with van der Waals surface area (Å²) < 4.78 is 4.62. The number of ether oxygens (including phenoxy) is 1. The average Bonchev–Trinajstić information content (AvgIpc) is 2.35. The normalized spacial score (nSPS) is 12.0. The molecule has 0 spiro atoms. The molecule has 1 atom stereocenters. The number of rotatable bonds is 5. The van der Waals surface area contributed by atoms with Gasteiger partial charge in [-0.25, -0.2) is 4.79 Å². The molecular weight excluding hydrogens is 246 g/mol. The van der Waals surface area contributed by atoms with Crippen LogP contribution in [0.15, 0.2) is 18.2 Å². The van der Waals surface area contributed by atoms with Gasteiger partial charge in [-0.1, -0.05) is 11.6 Å². The van der Waals surface area contributed by atoms with Gasteiger partial charge in [0.2, 0.25) is 0 Å². The van der Waals surface area contributed by atoms with E-state index in [-0.39, 0.29) is 13.2 Å². The van der Waals surface area contributed by atoms with E-state index in [1.54, 1.807) is 12.1 Å². The number of hydrogen-bond donors (Lipinski definition) is 3. The van der Waals surface area contributed by atoms with Crippen molar-refractivity contribution in [1.29, 1.82) is 0 Å². The second-order valence-electron chi connectivity index (χ2n) is 3.40. The van der Waals surface area contributed by atoms with Crippen molar-refractivity contribution in [3.8, 4) is 0 Å². The Labute approximate surface area is 104 Å². The summed E-state index contributed by atoms with van der Waals surface area (Å²) >= 11 is 5.81. The first-order valence-corrected chi connectivity index (χ1v) is 5.37. The molecular formula is C11H14ClNO4. The molecule has 0 radical (unpaired) electrons. The molecule has 1 rings (SSSR count). The highest BCUT2D eigenvalue weighted by Gasteiger charge is 2.13. The van der Waals surface area contributed by atoms with E-state index >= 15 is 0 Å². The highest BCUT2D eigenvalue weighted by atomic mass is 35.5. The summed E-state index contributed by atoms with van der Waals surface area (Å²) in [6.07, 6.45) is -0.903. The molecule has 0 aromatic heterocycles. The minimum Gasteiger partial charge on any atom is -0.465 e. The molecule has 0 bridgehead atoms. The minimum absolute atomic E-state index is 0.112. The van der Waals surface area contributed by atoms with Crippen molar-refractivity contribution in [3.63, 3.8) is 0 Å². The lowest BCUT2D eigenvalue weighted by molar-refractivity contribution is 0.0601. The number of carbonyl (C=O) groups excluding carboxylic acids is 1. The Bertz CT molecular complexity index is 397. The molecule has 0 amide bonds. The van der Waals surface area contributed by atoms with Gasteiger partial charge in [0, 0.05) is 11.6 Å². The van der Waals surface area contributed by atoms with E-state index in [9.17, 15) is 9.90 Å². The molecule has 0 saturated carbocycles. The van der Waals surface area contributed by atoms with Crippen molar-refractivity contribution < 1.29 is 19.7 Å². The fourth-order valence-corrected chi connectivity index (χ4v) is 1.42. The van der Waals surface area contributed by atoms with Gasteiger partial charge in [0.05, 0.1) is 31.1 Å². The summed E-state index contributed by atoms with van der Waals surface area (Å²) in [5.41, 5.74) is 0.777. The minimum atomic E-state index is -0.903. The summed E-state index contributed by atoms with van der Waals surface area (Å²) in [5.74, 6) is -0.498. The monoisotopic (exact) mass is 259 g/mol. The molecule has 94 valence electrons. The van der Waals surface area contributed by atoms with E-state index < -0.39 is 12.1 Å². The zero-order valence-corrected chi connectivity index (χ0v) is 10.1. The van der Waals surface area contributed by atoms with Crippen molar-refractivity contribution in [2.45, 2.75) is 6.10 Å². The van der Waals surface area contributed by atoms with Crippen molar-refractivity contribution in [2.75, 3.05) is 25.6 Å². The maximum Gasteiger partial charge on any atom is 0.339 e. The van der Waals surface area contributed by atoms with E-state index in [2.05, 4.69) is 10.1 Å². The molecule has 0 fully saturated rings. The Balaban J connectivity index is 2.87. The predicted molar refractivity (Wildman–Crippen MR) is 64.4 cm³/mol. The molecule has 1 unspecified atom stereocenters. The van der Waals surface area contributed by atoms with Crippen LogP contribution >= 0.6 is 11.6 Å². The third-order valence-electron chi connectivity index (χ3n) is 2.13. The van der Waals surface area contributed by atoms with Crippen LogP contribution in [0.1, 0.15) is 10.4 Å². The Hall–Kier alpha value is -1.30. The Morgan fingerprint density at radius 2 is 2.29 bits per heavy atom. The van der Waals surface area contributed by atoms with E-state index in [1.165, 1.54) is 13.2 Å². The summed E-state index contributed by atoms with van der Waals surface area (Å²) in [4.78, 5) is 11.4. The van der Waals surface area contributed by atoms with Crippen LogP contribution < -0.4 is 5.32 Å². The lowest BCUT2D eigenvalue weighted by atomic mass is 10.1. The number of methoxy groups -OCH3 is 1.